The molecule has 108 valence electrons. The van der Waals surface area contributed by atoms with E-state index in [2.05, 4.69) is 20.3 Å². The van der Waals surface area contributed by atoms with Gasteiger partial charge in [0, 0.05) is 0 Å². The van der Waals surface area contributed by atoms with E-state index < -0.39 is 12.1 Å². The first kappa shape index (κ1) is 13.1. The molecular weight excluding hydrogens is 273 g/mol. The highest BCUT2D eigenvalue weighted by Crippen LogP contribution is 2.41. The van der Waals surface area contributed by atoms with Crippen molar-refractivity contribution in [2.45, 2.75) is 37.9 Å². The Morgan fingerprint density at radius 3 is 2.50 bits per heavy atom. The number of hydrogen-bond acceptors (Lipinski definition) is 5. The van der Waals surface area contributed by atoms with Crippen LogP contribution in [0.5, 0.6) is 0 Å². The minimum Gasteiger partial charge on any atom is -0.382 e. The zero-order valence-corrected chi connectivity index (χ0v) is 10.5. The summed E-state index contributed by atoms with van der Waals surface area (Å²) in [5.41, 5.74) is 6.54. The second kappa shape index (κ2) is 4.57. The molecule has 1 saturated carbocycles. The fraction of sp³-hybridized carbons (Fsp3) is 0.636. The predicted molar refractivity (Wildman–Crippen MR) is 64.6 cm³/mol. The van der Waals surface area contributed by atoms with Crippen LogP contribution in [0, 0.1) is 5.92 Å². The van der Waals surface area contributed by atoms with Crippen LogP contribution < -0.4 is 5.73 Å². The maximum absolute atomic E-state index is 12.6. The van der Waals surface area contributed by atoms with Gasteiger partial charge in [-0.05, 0) is 25.7 Å². The van der Waals surface area contributed by atoms with Crippen molar-refractivity contribution in [3.05, 3.63) is 6.33 Å². The highest BCUT2D eigenvalue weighted by atomic mass is 19.4. The molecule has 0 amide bonds. The third-order valence-corrected chi connectivity index (χ3v) is 3.79. The van der Waals surface area contributed by atoms with Gasteiger partial charge in [0.1, 0.15) is 6.33 Å². The number of nitrogens with two attached hydrogens (primary N) is 1. The summed E-state index contributed by atoms with van der Waals surface area (Å²) in [4.78, 5) is 7.88. The molecule has 1 aliphatic rings. The molecule has 0 aliphatic heterocycles. The van der Waals surface area contributed by atoms with E-state index in [0.717, 1.165) is 0 Å². The van der Waals surface area contributed by atoms with Gasteiger partial charge in [0.2, 0.25) is 0 Å². The monoisotopic (exact) mass is 286 g/mol. The second-order valence-electron chi connectivity index (χ2n) is 5.01. The Balaban J connectivity index is 1.82. The van der Waals surface area contributed by atoms with Crippen molar-refractivity contribution in [2.24, 2.45) is 5.92 Å². The van der Waals surface area contributed by atoms with E-state index >= 15 is 0 Å². The molecule has 0 bridgehead atoms. The van der Waals surface area contributed by atoms with Crippen molar-refractivity contribution in [1.82, 2.24) is 25.0 Å². The van der Waals surface area contributed by atoms with Crippen LogP contribution in [0.15, 0.2) is 6.33 Å². The lowest BCUT2D eigenvalue weighted by Gasteiger charge is -2.29. The highest BCUT2D eigenvalue weighted by Gasteiger charge is 2.42. The predicted octanol–water partition coefficient (Wildman–Crippen LogP) is 2.10. The summed E-state index contributed by atoms with van der Waals surface area (Å²) in [5.74, 6) is -0.988. The van der Waals surface area contributed by atoms with Gasteiger partial charge in [0.05, 0.1) is 12.0 Å². The normalized spacial score (nSPS) is 24.1. The van der Waals surface area contributed by atoms with Gasteiger partial charge >= 0.3 is 6.18 Å². The number of alkyl halides is 3. The van der Waals surface area contributed by atoms with Gasteiger partial charge in [0.15, 0.2) is 17.0 Å². The first-order valence-electron chi connectivity index (χ1n) is 6.35. The number of rotatable bonds is 1. The minimum atomic E-state index is -4.11. The standard InChI is InChI=1S/C11H13F3N6/c12-11(13,14)6-1-3-7(4-2-6)20-10-8(18-19-20)9(15)16-5-17-10/h5-7H,1-4H2,(H2,15,16,17)/t6-,7-. The molecule has 0 saturated heterocycles. The average molecular weight is 286 g/mol. The molecule has 9 heteroatoms. The number of aromatic nitrogens is 5. The maximum Gasteiger partial charge on any atom is 0.391 e. The zero-order chi connectivity index (χ0) is 14.3. The minimum absolute atomic E-state index is 0.107. The van der Waals surface area contributed by atoms with Crippen LogP contribution in [0.25, 0.3) is 11.2 Å². The molecule has 2 aromatic heterocycles. The van der Waals surface area contributed by atoms with Crippen molar-refractivity contribution in [2.75, 3.05) is 5.73 Å². The van der Waals surface area contributed by atoms with Crippen molar-refractivity contribution < 1.29 is 13.2 Å². The molecule has 2 aromatic rings. The van der Waals surface area contributed by atoms with Crippen LogP contribution in [0.1, 0.15) is 31.7 Å². The molecule has 1 aliphatic carbocycles. The van der Waals surface area contributed by atoms with Crippen molar-refractivity contribution in [3.63, 3.8) is 0 Å². The smallest absolute Gasteiger partial charge is 0.382 e. The first-order chi connectivity index (χ1) is 9.47. The summed E-state index contributed by atoms with van der Waals surface area (Å²) in [6, 6.07) is -0.118. The Morgan fingerprint density at radius 2 is 1.85 bits per heavy atom. The average Bonchev–Trinajstić information content (AvgIpc) is 2.83. The summed E-state index contributed by atoms with van der Waals surface area (Å²) in [6.45, 7) is 0. The maximum atomic E-state index is 12.6. The second-order valence-corrected chi connectivity index (χ2v) is 5.01. The van der Waals surface area contributed by atoms with Crippen LogP contribution in [-0.4, -0.2) is 31.1 Å². The molecular formula is C11H13F3N6. The van der Waals surface area contributed by atoms with E-state index in [1.54, 1.807) is 4.68 Å². The Kier molecular flexibility index (Phi) is 2.98. The van der Waals surface area contributed by atoms with Crippen LogP contribution in [0.2, 0.25) is 0 Å². The lowest BCUT2D eigenvalue weighted by molar-refractivity contribution is -0.183. The third kappa shape index (κ3) is 2.16. The fourth-order valence-electron chi connectivity index (χ4n) is 2.68. The molecule has 0 radical (unpaired) electrons. The van der Waals surface area contributed by atoms with Gasteiger partial charge in [-0.2, -0.15) is 13.2 Å². The Morgan fingerprint density at radius 1 is 1.15 bits per heavy atom. The molecule has 6 nitrogen and oxygen atoms in total. The largest absolute Gasteiger partial charge is 0.391 e. The van der Waals surface area contributed by atoms with Crippen LogP contribution in [-0.2, 0) is 0 Å². The number of nitrogen functional groups attached to an aromatic ring is 1. The van der Waals surface area contributed by atoms with Gasteiger partial charge in [-0.15, -0.1) is 5.10 Å². The fourth-order valence-corrected chi connectivity index (χ4v) is 2.68. The molecule has 1 fully saturated rings. The van der Waals surface area contributed by atoms with E-state index in [1.165, 1.54) is 6.33 Å². The van der Waals surface area contributed by atoms with E-state index in [4.69, 9.17) is 5.73 Å². The van der Waals surface area contributed by atoms with Crippen LogP contribution in [0.4, 0.5) is 19.0 Å². The summed E-state index contributed by atoms with van der Waals surface area (Å²) in [5, 5.41) is 7.87. The molecule has 0 unspecified atom stereocenters. The first-order valence-corrected chi connectivity index (χ1v) is 6.35. The lowest BCUT2D eigenvalue weighted by atomic mass is 9.85. The summed E-state index contributed by atoms with van der Waals surface area (Å²) in [6.07, 6.45) is -1.77. The van der Waals surface area contributed by atoms with Gasteiger partial charge in [-0.25, -0.2) is 14.6 Å². The molecule has 2 N–H and O–H groups in total. The van der Waals surface area contributed by atoms with Crippen molar-refractivity contribution in [1.29, 1.82) is 0 Å². The number of anilines is 1. The Bertz CT molecular complexity index is 614. The van der Waals surface area contributed by atoms with E-state index in [9.17, 15) is 13.2 Å². The topological polar surface area (TPSA) is 82.5 Å². The molecule has 0 aromatic carbocycles. The van der Waals surface area contributed by atoms with Gasteiger partial charge in [-0.1, -0.05) is 5.21 Å². The van der Waals surface area contributed by atoms with Gasteiger partial charge < -0.3 is 5.73 Å². The Hall–Kier alpha value is -1.93. The van der Waals surface area contributed by atoms with Gasteiger partial charge in [-0.3, -0.25) is 0 Å². The molecule has 3 rings (SSSR count). The number of nitrogens with zero attached hydrogens (tertiary/aromatic N) is 5. The summed E-state index contributed by atoms with van der Waals surface area (Å²) < 4.78 is 39.5. The molecule has 20 heavy (non-hydrogen) atoms. The van der Waals surface area contributed by atoms with E-state index in [1.807, 2.05) is 0 Å². The molecule has 0 atom stereocenters. The van der Waals surface area contributed by atoms with Crippen LogP contribution in [0.3, 0.4) is 0 Å². The molecule has 2 heterocycles. The molecule has 0 spiro atoms. The van der Waals surface area contributed by atoms with Crippen molar-refractivity contribution in [3.8, 4) is 0 Å². The summed E-state index contributed by atoms with van der Waals surface area (Å²) >= 11 is 0. The Labute approximate surface area is 112 Å². The quantitative estimate of drug-likeness (QED) is 0.868. The summed E-state index contributed by atoms with van der Waals surface area (Å²) in [7, 11) is 0. The van der Waals surface area contributed by atoms with Gasteiger partial charge in [0.25, 0.3) is 0 Å². The highest BCUT2D eigenvalue weighted by molar-refractivity contribution is 5.80. The van der Waals surface area contributed by atoms with E-state index in [0.29, 0.717) is 24.0 Å². The lowest BCUT2D eigenvalue weighted by Crippen LogP contribution is -2.29. The number of fused-ring (bicyclic) bond motifs is 1. The third-order valence-electron chi connectivity index (χ3n) is 3.79. The van der Waals surface area contributed by atoms with E-state index in [-0.39, 0.29) is 24.7 Å². The number of hydrogen-bond donors (Lipinski definition) is 1. The number of halogens is 3. The SMILES string of the molecule is Nc1ncnc2c1nnn2[C@H]1CC[C@H](C(F)(F)F)CC1. The van der Waals surface area contributed by atoms with Crippen LogP contribution >= 0.6 is 0 Å². The van der Waals surface area contributed by atoms with Crippen molar-refractivity contribution >= 4 is 17.0 Å². The zero-order valence-electron chi connectivity index (χ0n) is 10.5.